The number of benzene rings is 1. The molecule has 3 rings (SSSR count). The van der Waals surface area contributed by atoms with E-state index >= 15 is 0 Å². The molecule has 2 heterocycles. The van der Waals surface area contributed by atoms with Crippen LogP contribution in [-0.4, -0.2) is 32.2 Å². The lowest BCUT2D eigenvalue weighted by Crippen LogP contribution is -2.17. The summed E-state index contributed by atoms with van der Waals surface area (Å²) >= 11 is 1.43. The van der Waals surface area contributed by atoms with Crippen LogP contribution in [0.4, 0.5) is 0 Å². The highest BCUT2D eigenvalue weighted by atomic mass is 32.1. The van der Waals surface area contributed by atoms with Crippen molar-refractivity contribution in [3.63, 3.8) is 0 Å². The Morgan fingerprint density at radius 3 is 2.45 bits per heavy atom. The van der Waals surface area contributed by atoms with Crippen molar-refractivity contribution in [2.45, 2.75) is 27.2 Å². The molecule has 0 spiro atoms. The molecule has 0 saturated heterocycles. The van der Waals surface area contributed by atoms with Gasteiger partial charge in [0.25, 0.3) is 0 Å². The number of hydrogen-bond donors (Lipinski definition) is 1. The summed E-state index contributed by atoms with van der Waals surface area (Å²) < 4.78 is 20.9. The smallest absolute Gasteiger partial charge is 0.203 e. The number of rotatable bonds is 7. The topological polar surface area (TPSA) is 52.6 Å². The zero-order valence-corrected chi connectivity index (χ0v) is 19.9. The minimum absolute atomic E-state index is 0.569. The number of nitrogens with zero attached hydrogens (tertiary/aromatic N) is 1. The summed E-state index contributed by atoms with van der Waals surface area (Å²) in [5.74, 6) is 4.51. The van der Waals surface area contributed by atoms with Crippen molar-refractivity contribution in [3.8, 4) is 40.0 Å². The van der Waals surface area contributed by atoms with Crippen LogP contribution in [-0.2, 0) is 0 Å². The molecule has 0 radical (unpaired) electrons. The Labute approximate surface area is 189 Å². The van der Waals surface area contributed by atoms with Crippen LogP contribution in [0.15, 0.2) is 47.8 Å². The van der Waals surface area contributed by atoms with Gasteiger partial charge in [-0.3, -0.25) is 0 Å². The molecule has 2 aromatic rings. The van der Waals surface area contributed by atoms with Crippen LogP contribution in [0.1, 0.15) is 32.8 Å². The second-order valence-corrected chi connectivity index (χ2v) is 7.21. The normalized spacial score (nSPS) is 13.0. The number of allylic oxidation sites excluding steroid dienone is 4. The number of nitrogens with one attached hydrogen (secondary N) is 1. The fraction of sp³-hybridized carbons (Fsp3) is 0.320. The molecule has 0 amide bonds. The lowest BCUT2D eigenvalue weighted by Gasteiger charge is -2.16. The molecule has 1 aliphatic rings. The third-order valence-electron chi connectivity index (χ3n) is 4.65. The van der Waals surface area contributed by atoms with Crippen molar-refractivity contribution in [1.82, 2.24) is 9.69 Å². The standard InChI is InChI=1S/C23H24N2O3S.C2H6/c1-6-8-16-9-7-10-24-19(16)11-15(2)18-14-25-29-23(18)17-12-20(26-3)22(28-5)21(13-17)27-4;1-2/h1,7,9,11-14,24H,8,10H2,2-5H3;1-2H3/b15-11+;. The largest absolute Gasteiger partial charge is 0.493 e. The van der Waals surface area contributed by atoms with E-state index < -0.39 is 0 Å². The number of hydrogen-bond acceptors (Lipinski definition) is 6. The summed E-state index contributed by atoms with van der Waals surface area (Å²) in [5, 5.41) is 3.40. The Bertz CT molecular complexity index is 1000. The number of methoxy groups -OCH3 is 3. The van der Waals surface area contributed by atoms with Crippen molar-refractivity contribution in [1.29, 1.82) is 0 Å². The maximum Gasteiger partial charge on any atom is 0.203 e. The number of dihydropyridines is 1. The van der Waals surface area contributed by atoms with Crippen molar-refractivity contribution in [3.05, 3.63) is 53.4 Å². The minimum atomic E-state index is 0.569. The molecular weight excluding hydrogens is 408 g/mol. The predicted octanol–water partition coefficient (Wildman–Crippen LogP) is 5.70. The monoisotopic (exact) mass is 438 g/mol. The van der Waals surface area contributed by atoms with Gasteiger partial charge >= 0.3 is 0 Å². The molecule has 0 aliphatic carbocycles. The van der Waals surface area contributed by atoms with Crippen LogP contribution in [0, 0.1) is 12.3 Å². The third kappa shape index (κ3) is 5.50. The molecule has 6 heteroatoms. The van der Waals surface area contributed by atoms with Crippen LogP contribution < -0.4 is 19.5 Å². The molecule has 1 N–H and O–H groups in total. The summed E-state index contributed by atoms with van der Waals surface area (Å²) in [6.07, 6.45) is 14.3. The van der Waals surface area contributed by atoms with Gasteiger partial charge < -0.3 is 19.5 Å². The summed E-state index contributed by atoms with van der Waals surface area (Å²) in [5.41, 5.74) is 5.25. The van der Waals surface area contributed by atoms with E-state index in [4.69, 9.17) is 20.6 Å². The van der Waals surface area contributed by atoms with Crippen LogP contribution in [0.2, 0.25) is 0 Å². The van der Waals surface area contributed by atoms with Crippen molar-refractivity contribution in [2.24, 2.45) is 0 Å². The van der Waals surface area contributed by atoms with Crippen molar-refractivity contribution < 1.29 is 14.2 Å². The predicted molar refractivity (Wildman–Crippen MR) is 130 cm³/mol. The van der Waals surface area contributed by atoms with Gasteiger partial charge in [-0.1, -0.05) is 26.0 Å². The summed E-state index contributed by atoms with van der Waals surface area (Å²) in [7, 11) is 4.82. The van der Waals surface area contributed by atoms with Gasteiger partial charge in [-0.25, -0.2) is 0 Å². The van der Waals surface area contributed by atoms with Crippen molar-refractivity contribution >= 4 is 17.1 Å². The molecule has 1 aromatic carbocycles. The summed E-state index contributed by atoms with van der Waals surface area (Å²) in [6, 6.07) is 3.88. The average molecular weight is 439 g/mol. The maximum atomic E-state index is 5.52. The van der Waals surface area contributed by atoms with E-state index in [9.17, 15) is 0 Å². The Balaban J connectivity index is 0.00000166. The van der Waals surface area contributed by atoms with Gasteiger partial charge in [-0.2, -0.15) is 4.37 Å². The number of ether oxygens (including phenoxy) is 3. The molecule has 1 aromatic heterocycles. The van der Waals surface area contributed by atoms with Gasteiger partial charge in [-0.05, 0) is 47.8 Å². The molecule has 0 atom stereocenters. The van der Waals surface area contributed by atoms with Gasteiger partial charge in [0.2, 0.25) is 5.75 Å². The second kappa shape index (κ2) is 11.9. The van der Waals surface area contributed by atoms with E-state index in [1.165, 1.54) is 11.5 Å². The van der Waals surface area contributed by atoms with Crippen LogP contribution in [0.5, 0.6) is 17.2 Å². The van der Waals surface area contributed by atoms with Crippen LogP contribution >= 0.6 is 11.5 Å². The maximum absolute atomic E-state index is 5.52. The lowest BCUT2D eigenvalue weighted by atomic mass is 10.0. The second-order valence-electron chi connectivity index (χ2n) is 6.41. The highest BCUT2D eigenvalue weighted by molar-refractivity contribution is 7.09. The minimum Gasteiger partial charge on any atom is -0.493 e. The zero-order valence-electron chi connectivity index (χ0n) is 19.0. The summed E-state index contributed by atoms with van der Waals surface area (Å²) in [6.45, 7) is 6.86. The average Bonchev–Trinajstić information content (AvgIpc) is 3.31. The van der Waals surface area contributed by atoms with Gasteiger partial charge in [0.1, 0.15) is 0 Å². The number of aromatic nitrogens is 1. The zero-order chi connectivity index (χ0) is 22.8. The van der Waals surface area contributed by atoms with Crippen LogP contribution in [0.3, 0.4) is 0 Å². The van der Waals surface area contributed by atoms with E-state index in [0.717, 1.165) is 39.4 Å². The fourth-order valence-corrected chi connectivity index (χ4v) is 4.02. The molecule has 31 heavy (non-hydrogen) atoms. The van der Waals surface area contributed by atoms with E-state index in [2.05, 4.69) is 40.8 Å². The first-order valence-corrected chi connectivity index (χ1v) is 10.9. The van der Waals surface area contributed by atoms with E-state index in [1.54, 1.807) is 21.3 Å². The van der Waals surface area contributed by atoms with E-state index in [-0.39, 0.29) is 0 Å². The van der Waals surface area contributed by atoms with Crippen molar-refractivity contribution in [2.75, 3.05) is 27.9 Å². The van der Waals surface area contributed by atoms with Gasteiger partial charge in [0.05, 0.1) is 26.2 Å². The molecule has 0 unspecified atom stereocenters. The number of terminal acetylenes is 1. The Hall–Kier alpha value is -3.17. The fourth-order valence-electron chi connectivity index (χ4n) is 3.22. The van der Waals surface area contributed by atoms with Gasteiger partial charge in [0.15, 0.2) is 11.5 Å². The quantitative estimate of drug-likeness (QED) is 0.562. The Morgan fingerprint density at radius 2 is 1.87 bits per heavy atom. The highest BCUT2D eigenvalue weighted by Gasteiger charge is 2.18. The molecule has 0 saturated carbocycles. The first-order chi connectivity index (χ1) is 15.1. The van der Waals surface area contributed by atoms with E-state index in [1.807, 2.05) is 32.2 Å². The molecule has 164 valence electrons. The van der Waals surface area contributed by atoms with Gasteiger partial charge in [-0.15, -0.1) is 12.3 Å². The molecule has 0 fully saturated rings. The van der Waals surface area contributed by atoms with Crippen LogP contribution in [0.25, 0.3) is 16.0 Å². The third-order valence-corrected chi connectivity index (χ3v) is 5.50. The molecule has 1 aliphatic heterocycles. The highest BCUT2D eigenvalue weighted by Crippen LogP contribution is 2.43. The first kappa shape index (κ1) is 24.1. The molecular formula is C25H30N2O3S. The van der Waals surface area contributed by atoms with E-state index in [0.29, 0.717) is 23.7 Å². The Kier molecular flexibility index (Phi) is 9.23. The molecule has 5 nitrogen and oxygen atoms in total. The SMILES string of the molecule is C#CCC1=C(/C=C(\C)c2cnsc2-c2cc(OC)c(OC)c(OC)c2)NCC=C1.CC. The van der Waals surface area contributed by atoms with Gasteiger partial charge in [0, 0.05) is 36.0 Å². The summed E-state index contributed by atoms with van der Waals surface area (Å²) in [4.78, 5) is 1.03. The first-order valence-electron chi connectivity index (χ1n) is 10.1. The lowest BCUT2D eigenvalue weighted by molar-refractivity contribution is 0.324. The molecule has 0 bridgehead atoms. The Morgan fingerprint density at radius 1 is 1.19 bits per heavy atom.